The maximum atomic E-state index is 9.10. The van der Waals surface area contributed by atoms with Crippen LogP contribution < -0.4 is 4.74 Å². The lowest BCUT2D eigenvalue weighted by Crippen LogP contribution is -2.27. The van der Waals surface area contributed by atoms with Crippen LogP contribution in [0.2, 0.25) is 5.02 Å². The van der Waals surface area contributed by atoms with E-state index in [0.717, 1.165) is 37.2 Å². The van der Waals surface area contributed by atoms with Gasteiger partial charge in [-0.1, -0.05) is 24.9 Å². The third-order valence-electron chi connectivity index (χ3n) is 2.88. The molecule has 3 nitrogen and oxygen atoms in total. The predicted octanol–water partition coefficient (Wildman–Crippen LogP) is 2.94. The zero-order chi connectivity index (χ0) is 13.4. The lowest BCUT2D eigenvalue weighted by molar-refractivity contribution is 0.187. The smallest absolute Gasteiger partial charge is 0.123 e. The van der Waals surface area contributed by atoms with Crippen LogP contribution in [0.5, 0.6) is 5.75 Å². The first-order valence-electron chi connectivity index (χ1n) is 6.36. The second kappa shape index (κ2) is 8.35. The molecule has 0 saturated carbocycles. The monoisotopic (exact) mass is 271 g/mol. The number of unbranched alkanes of at least 4 members (excludes halogenated alkanes) is 1. The lowest BCUT2D eigenvalue weighted by Gasteiger charge is -2.22. The molecule has 0 aliphatic carbocycles. The zero-order valence-electron chi connectivity index (χ0n) is 11.2. The van der Waals surface area contributed by atoms with Gasteiger partial charge in [0, 0.05) is 23.7 Å². The normalized spacial score (nSPS) is 10.9. The highest BCUT2D eigenvalue weighted by molar-refractivity contribution is 6.30. The van der Waals surface area contributed by atoms with E-state index in [9.17, 15) is 0 Å². The molecule has 0 aliphatic rings. The number of rotatable bonds is 8. The molecule has 0 saturated heterocycles. The summed E-state index contributed by atoms with van der Waals surface area (Å²) in [6.07, 6.45) is 2.28. The topological polar surface area (TPSA) is 32.7 Å². The number of ether oxygens (including phenoxy) is 1. The molecule has 0 atom stereocenters. The molecule has 18 heavy (non-hydrogen) atoms. The minimum Gasteiger partial charge on any atom is -0.496 e. The van der Waals surface area contributed by atoms with E-state index in [2.05, 4.69) is 11.8 Å². The number of benzene rings is 1. The third kappa shape index (κ3) is 4.84. The van der Waals surface area contributed by atoms with Gasteiger partial charge in [-0.2, -0.15) is 0 Å². The summed E-state index contributed by atoms with van der Waals surface area (Å²) >= 11 is 6.02. The van der Waals surface area contributed by atoms with Crippen LogP contribution in [-0.4, -0.2) is 36.8 Å². The summed E-state index contributed by atoms with van der Waals surface area (Å²) in [4.78, 5) is 2.22. The molecule has 0 heterocycles. The van der Waals surface area contributed by atoms with Gasteiger partial charge in [0.1, 0.15) is 5.75 Å². The van der Waals surface area contributed by atoms with Gasteiger partial charge in [0.15, 0.2) is 0 Å². The van der Waals surface area contributed by atoms with E-state index in [-0.39, 0.29) is 6.61 Å². The van der Waals surface area contributed by atoms with E-state index < -0.39 is 0 Å². The third-order valence-corrected chi connectivity index (χ3v) is 3.12. The van der Waals surface area contributed by atoms with Gasteiger partial charge in [-0.15, -0.1) is 0 Å². The van der Waals surface area contributed by atoms with Crippen LogP contribution in [0.1, 0.15) is 25.3 Å². The van der Waals surface area contributed by atoms with Crippen molar-refractivity contribution in [2.75, 3.05) is 26.8 Å². The largest absolute Gasteiger partial charge is 0.496 e. The van der Waals surface area contributed by atoms with Gasteiger partial charge in [0.2, 0.25) is 0 Å². The Morgan fingerprint density at radius 1 is 1.33 bits per heavy atom. The van der Waals surface area contributed by atoms with Crippen molar-refractivity contribution < 1.29 is 9.84 Å². The van der Waals surface area contributed by atoms with Crippen LogP contribution in [0.3, 0.4) is 0 Å². The molecule has 1 aromatic rings. The molecule has 0 spiro atoms. The Balaban J connectivity index is 2.74. The molecule has 1 rings (SSSR count). The Hall–Kier alpha value is -0.770. The second-order valence-electron chi connectivity index (χ2n) is 4.31. The van der Waals surface area contributed by atoms with Crippen LogP contribution in [-0.2, 0) is 6.54 Å². The van der Waals surface area contributed by atoms with Crippen molar-refractivity contribution in [1.29, 1.82) is 0 Å². The van der Waals surface area contributed by atoms with Crippen molar-refractivity contribution in [2.45, 2.75) is 26.3 Å². The van der Waals surface area contributed by atoms with Crippen LogP contribution in [0.15, 0.2) is 18.2 Å². The molecule has 0 bridgehead atoms. The maximum absolute atomic E-state index is 9.10. The van der Waals surface area contributed by atoms with Crippen LogP contribution in [0, 0.1) is 0 Å². The SMILES string of the molecule is CCCCN(CCO)Cc1cc(Cl)ccc1OC. The molecule has 1 N–H and O–H groups in total. The molecule has 0 fully saturated rings. The quantitative estimate of drug-likeness (QED) is 0.789. The molecule has 1 aromatic carbocycles. The van der Waals surface area contributed by atoms with Crippen molar-refractivity contribution in [3.05, 3.63) is 28.8 Å². The number of hydrogen-bond donors (Lipinski definition) is 1. The first-order valence-corrected chi connectivity index (χ1v) is 6.74. The number of nitrogens with zero attached hydrogens (tertiary/aromatic N) is 1. The van der Waals surface area contributed by atoms with Gasteiger partial charge in [-0.25, -0.2) is 0 Å². The van der Waals surface area contributed by atoms with Gasteiger partial charge in [-0.3, -0.25) is 4.90 Å². The van der Waals surface area contributed by atoms with E-state index in [4.69, 9.17) is 21.4 Å². The Labute approximate surface area is 114 Å². The lowest BCUT2D eigenvalue weighted by atomic mass is 10.1. The number of aliphatic hydroxyl groups is 1. The molecule has 0 radical (unpaired) electrons. The van der Waals surface area contributed by atoms with Gasteiger partial charge in [-0.05, 0) is 31.2 Å². The number of hydrogen-bond acceptors (Lipinski definition) is 3. The van der Waals surface area contributed by atoms with Gasteiger partial charge in [0.25, 0.3) is 0 Å². The summed E-state index contributed by atoms with van der Waals surface area (Å²) < 4.78 is 5.34. The van der Waals surface area contributed by atoms with E-state index in [1.165, 1.54) is 0 Å². The number of halogens is 1. The molecule has 4 heteroatoms. The van der Waals surface area contributed by atoms with Crippen molar-refractivity contribution in [1.82, 2.24) is 4.90 Å². The van der Waals surface area contributed by atoms with Gasteiger partial charge >= 0.3 is 0 Å². The summed E-state index contributed by atoms with van der Waals surface area (Å²) in [5, 5.41) is 9.81. The predicted molar refractivity (Wildman–Crippen MR) is 75.3 cm³/mol. The van der Waals surface area contributed by atoms with E-state index in [1.54, 1.807) is 7.11 Å². The average molecular weight is 272 g/mol. The standard InChI is InChI=1S/C14H22ClNO2/c1-3-4-7-16(8-9-17)11-12-10-13(15)5-6-14(12)18-2/h5-6,10,17H,3-4,7-9,11H2,1-2H3. The molecular formula is C14H22ClNO2. The molecule has 0 amide bonds. The van der Waals surface area contributed by atoms with Crippen LogP contribution in [0.25, 0.3) is 0 Å². The average Bonchev–Trinajstić information content (AvgIpc) is 2.36. The summed E-state index contributed by atoms with van der Waals surface area (Å²) in [5.41, 5.74) is 1.06. The first kappa shape index (κ1) is 15.3. The zero-order valence-corrected chi connectivity index (χ0v) is 11.9. The highest BCUT2D eigenvalue weighted by Crippen LogP contribution is 2.24. The Morgan fingerprint density at radius 2 is 2.11 bits per heavy atom. The van der Waals surface area contributed by atoms with Crippen LogP contribution in [0.4, 0.5) is 0 Å². The molecular weight excluding hydrogens is 250 g/mol. The van der Waals surface area contributed by atoms with Crippen molar-refractivity contribution >= 4 is 11.6 Å². The number of aliphatic hydroxyl groups excluding tert-OH is 1. The Bertz CT molecular complexity index is 358. The summed E-state index contributed by atoms with van der Waals surface area (Å²) in [6.45, 7) is 4.75. The highest BCUT2D eigenvalue weighted by atomic mass is 35.5. The van der Waals surface area contributed by atoms with Gasteiger partial charge in [0.05, 0.1) is 13.7 Å². The fraction of sp³-hybridized carbons (Fsp3) is 0.571. The second-order valence-corrected chi connectivity index (χ2v) is 4.75. The minimum absolute atomic E-state index is 0.173. The summed E-state index contributed by atoms with van der Waals surface area (Å²) in [7, 11) is 1.66. The van der Waals surface area contributed by atoms with Crippen molar-refractivity contribution in [2.24, 2.45) is 0 Å². The van der Waals surface area contributed by atoms with Gasteiger partial charge < -0.3 is 9.84 Å². The van der Waals surface area contributed by atoms with Crippen molar-refractivity contribution in [3.8, 4) is 5.75 Å². The maximum Gasteiger partial charge on any atom is 0.123 e. The van der Waals surface area contributed by atoms with E-state index >= 15 is 0 Å². The summed E-state index contributed by atoms with van der Waals surface area (Å²) in [5.74, 6) is 0.846. The summed E-state index contributed by atoms with van der Waals surface area (Å²) in [6, 6.07) is 5.64. The molecule has 102 valence electrons. The van der Waals surface area contributed by atoms with E-state index in [1.807, 2.05) is 18.2 Å². The Morgan fingerprint density at radius 3 is 2.72 bits per heavy atom. The minimum atomic E-state index is 0.173. The molecule has 0 aromatic heterocycles. The van der Waals surface area contributed by atoms with E-state index in [0.29, 0.717) is 11.6 Å². The Kier molecular flexibility index (Phi) is 7.09. The molecule has 0 unspecified atom stereocenters. The van der Waals surface area contributed by atoms with Crippen molar-refractivity contribution in [3.63, 3.8) is 0 Å². The molecule has 0 aliphatic heterocycles. The fourth-order valence-corrected chi connectivity index (χ4v) is 2.10. The van der Waals surface area contributed by atoms with Crippen LogP contribution >= 0.6 is 11.6 Å². The fourth-order valence-electron chi connectivity index (χ4n) is 1.90. The number of methoxy groups -OCH3 is 1. The highest BCUT2D eigenvalue weighted by Gasteiger charge is 2.09. The first-order chi connectivity index (χ1) is 8.71.